The molecule has 0 aromatic heterocycles. The van der Waals surface area contributed by atoms with Crippen LogP contribution in [0.3, 0.4) is 0 Å². The molecule has 0 atom stereocenters. The van der Waals surface area contributed by atoms with Crippen LogP contribution in [0.1, 0.15) is 27.7 Å². The zero-order chi connectivity index (χ0) is 10.4. The molecule has 0 aliphatic carbocycles. The van der Waals surface area contributed by atoms with Crippen LogP contribution in [0.15, 0.2) is 36.0 Å². The highest BCUT2D eigenvalue weighted by atomic mass is 19.1. The van der Waals surface area contributed by atoms with Crippen LogP contribution in [0.25, 0.3) is 0 Å². The molecule has 0 heterocycles. The zero-order valence-electron chi connectivity index (χ0n) is 8.82. The molecular formula is C11H18FN. The van der Waals surface area contributed by atoms with Crippen molar-refractivity contribution in [3.8, 4) is 0 Å². The highest BCUT2D eigenvalue weighted by molar-refractivity contribution is 5.27. The van der Waals surface area contributed by atoms with E-state index in [1.54, 1.807) is 12.3 Å². The fraction of sp³-hybridized carbons (Fsp3) is 0.455. The van der Waals surface area contributed by atoms with Gasteiger partial charge < -0.3 is 5.32 Å². The van der Waals surface area contributed by atoms with Crippen LogP contribution >= 0.6 is 0 Å². The van der Waals surface area contributed by atoms with E-state index in [1.807, 2.05) is 20.8 Å². The lowest BCUT2D eigenvalue weighted by Gasteiger charge is -2.11. The van der Waals surface area contributed by atoms with Crippen molar-refractivity contribution < 1.29 is 4.39 Å². The summed E-state index contributed by atoms with van der Waals surface area (Å²) < 4.78 is 12.7. The van der Waals surface area contributed by atoms with Crippen LogP contribution in [-0.4, -0.2) is 0 Å². The van der Waals surface area contributed by atoms with Crippen molar-refractivity contribution in [1.82, 2.24) is 5.32 Å². The van der Waals surface area contributed by atoms with E-state index in [-0.39, 0.29) is 5.83 Å². The lowest BCUT2D eigenvalue weighted by molar-refractivity contribution is 0.633. The Labute approximate surface area is 80.0 Å². The monoisotopic (exact) mass is 183 g/mol. The van der Waals surface area contributed by atoms with E-state index in [2.05, 4.69) is 11.9 Å². The van der Waals surface area contributed by atoms with Crippen LogP contribution in [0, 0.1) is 5.92 Å². The fourth-order valence-corrected chi connectivity index (χ4v) is 1.16. The summed E-state index contributed by atoms with van der Waals surface area (Å²) in [5.74, 6) is 0.132. The van der Waals surface area contributed by atoms with E-state index in [0.29, 0.717) is 5.92 Å². The first kappa shape index (κ1) is 11.9. The Morgan fingerprint density at radius 2 is 1.92 bits per heavy atom. The van der Waals surface area contributed by atoms with E-state index < -0.39 is 0 Å². The predicted octanol–water partition coefficient (Wildman–Crippen LogP) is 3.52. The summed E-state index contributed by atoms with van der Waals surface area (Å²) in [6, 6.07) is 0. The zero-order valence-corrected chi connectivity index (χ0v) is 8.82. The third-order valence-electron chi connectivity index (χ3n) is 1.73. The smallest absolute Gasteiger partial charge is 0.0972 e. The van der Waals surface area contributed by atoms with Crippen molar-refractivity contribution in [2.24, 2.45) is 5.92 Å². The number of hydrogen-bond acceptors (Lipinski definition) is 1. The van der Waals surface area contributed by atoms with Gasteiger partial charge in [0.05, 0.1) is 5.83 Å². The van der Waals surface area contributed by atoms with Gasteiger partial charge in [0.2, 0.25) is 0 Å². The average Bonchev–Trinajstić information content (AvgIpc) is 1.99. The third-order valence-corrected chi connectivity index (χ3v) is 1.73. The molecule has 2 heteroatoms. The lowest BCUT2D eigenvalue weighted by atomic mass is 10.0. The summed E-state index contributed by atoms with van der Waals surface area (Å²) in [6.45, 7) is 11.0. The van der Waals surface area contributed by atoms with Gasteiger partial charge in [-0.3, -0.25) is 0 Å². The summed E-state index contributed by atoms with van der Waals surface area (Å²) in [5, 5.41) is 2.96. The summed E-state index contributed by atoms with van der Waals surface area (Å²) in [7, 11) is 0. The first-order valence-electron chi connectivity index (χ1n) is 4.41. The molecule has 0 aromatic carbocycles. The van der Waals surface area contributed by atoms with Crippen molar-refractivity contribution in [3.63, 3.8) is 0 Å². The van der Waals surface area contributed by atoms with Gasteiger partial charge in [-0.15, -0.1) is 0 Å². The van der Waals surface area contributed by atoms with Gasteiger partial charge in [-0.05, 0) is 37.6 Å². The number of nitrogens with one attached hydrogen (secondary N) is 1. The van der Waals surface area contributed by atoms with Crippen LogP contribution in [0.2, 0.25) is 0 Å². The Balaban J connectivity index is 4.88. The molecule has 0 aliphatic heterocycles. The second-order valence-electron chi connectivity index (χ2n) is 3.31. The molecule has 0 radical (unpaired) electrons. The minimum absolute atomic E-state index is 0.172. The molecule has 74 valence electrons. The van der Waals surface area contributed by atoms with Gasteiger partial charge in [0, 0.05) is 5.70 Å². The Hall–Kier alpha value is -1.05. The molecule has 0 saturated carbocycles. The molecule has 13 heavy (non-hydrogen) atoms. The average molecular weight is 183 g/mol. The number of allylic oxidation sites excluding steroid dienone is 4. The second kappa shape index (κ2) is 5.57. The summed E-state index contributed by atoms with van der Waals surface area (Å²) >= 11 is 0. The Morgan fingerprint density at radius 3 is 2.23 bits per heavy atom. The van der Waals surface area contributed by atoms with E-state index in [4.69, 9.17) is 0 Å². The molecule has 0 aliphatic rings. The highest BCUT2D eigenvalue weighted by Crippen LogP contribution is 2.17. The van der Waals surface area contributed by atoms with Crippen LogP contribution < -0.4 is 5.32 Å². The molecule has 0 rings (SSSR count). The van der Waals surface area contributed by atoms with Crippen LogP contribution in [0.5, 0.6) is 0 Å². The molecule has 0 amide bonds. The number of hydrogen-bond donors (Lipinski definition) is 1. The van der Waals surface area contributed by atoms with Crippen molar-refractivity contribution >= 4 is 0 Å². The summed E-state index contributed by atoms with van der Waals surface area (Å²) in [6.07, 6.45) is 3.15. The fourth-order valence-electron chi connectivity index (χ4n) is 1.16. The van der Waals surface area contributed by atoms with Gasteiger partial charge in [0.25, 0.3) is 0 Å². The molecule has 0 aromatic rings. The first-order valence-corrected chi connectivity index (χ1v) is 4.41. The van der Waals surface area contributed by atoms with Crippen molar-refractivity contribution in [1.29, 1.82) is 0 Å². The standard InChI is InChI=1S/C11H18FN/c1-6-13-10(5)11(8(2)3)7-9(4)12/h6-8,13H,1H2,2-5H3/b9-7+,11-10+. The molecular weight excluding hydrogens is 165 g/mol. The van der Waals surface area contributed by atoms with E-state index in [9.17, 15) is 4.39 Å². The SMILES string of the molecule is C=CN/C(C)=C(\C=C(/C)F)C(C)C. The van der Waals surface area contributed by atoms with E-state index >= 15 is 0 Å². The minimum Gasteiger partial charge on any atom is -0.366 e. The summed E-state index contributed by atoms with van der Waals surface area (Å²) in [5.41, 5.74) is 1.92. The van der Waals surface area contributed by atoms with Gasteiger partial charge in [-0.25, -0.2) is 4.39 Å². The number of rotatable bonds is 4. The number of halogens is 1. The largest absolute Gasteiger partial charge is 0.366 e. The van der Waals surface area contributed by atoms with Crippen molar-refractivity contribution in [2.45, 2.75) is 27.7 Å². The molecule has 0 unspecified atom stereocenters. The maximum Gasteiger partial charge on any atom is 0.0972 e. The van der Waals surface area contributed by atoms with Crippen LogP contribution in [-0.2, 0) is 0 Å². The van der Waals surface area contributed by atoms with Crippen molar-refractivity contribution in [3.05, 3.63) is 36.0 Å². The molecule has 0 bridgehead atoms. The molecule has 0 spiro atoms. The summed E-state index contributed by atoms with van der Waals surface area (Å²) in [4.78, 5) is 0. The van der Waals surface area contributed by atoms with Gasteiger partial charge in [-0.2, -0.15) is 0 Å². The second-order valence-corrected chi connectivity index (χ2v) is 3.31. The van der Waals surface area contributed by atoms with Gasteiger partial charge in [0.15, 0.2) is 0 Å². The topological polar surface area (TPSA) is 12.0 Å². The van der Waals surface area contributed by atoms with Gasteiger partial charge in [0.1, 0.15) is 0 Å². The van der Waals surface area contributed by atoms with Crippen LogP contribution in [0.4, 0.5) is 4.39 Å². The minimum atomic E-state index is -0.172. The Morgan fingerprint density at radius 1 is 1.38 bits per heavy atom. The first-order chi connectivity index (χ1) is 5.99. The quantitative estimate of drug-likeness (QED) is 0.657. The van der Waals surface area contributed by atoms with E-state index in [0.717, 1.165) is 11.3 Å². The van der Waals surface area contributed by atoms with Gasteiger partial charge >= 0.3 is 0 Å². The maximum atomic E-state index is 12.7. The van der Waals surface area contributed by atoms with Crippen molar-refractivity contribution in [2.75, 3.05) is 0 Å². The molecule has 1 nitrogen and oxygen atoms in total. The normalized spacial score (nSPS) is 14.2. The molecule has 0 saturated heterocycles. The lowest BCUT2D eigenvalue weighted by Crippen LogP contribution is -2.07. The predicted molar refractivity (Wildman–Crippen MR) is 55.7 cm³/mol. The third kappa shape index (κ3) is 4.51. The van der Waals surface area contributed by atoms with Gasteiger partial charge in [-0.1, -0.05) is 20.4 Å². The Kier molecular flexibility index (Phi) is 5.12. The highest BCUT2D eigenvalue weighted by Gasteiger charge is 2.04. The molecule has 1 N–H and O–H groups in total. The molecule has 0 fully saturated rings. The Bertz CT molecular complexity index is 232. The van der Waals surface area contributed by atoms with E-state index in [1.165, 1.54) is 6.92 Å². The maximum absolute atomic E-state index is 12.7.